The van der Waals surface area contributed by atoms with Gasteiger partial charge in [0, 0.05) is 7.05 Å². The Labute approximate surface area is 144 Å². The number of nitrogens with one attached hydrogen (secondary N) is 1. The number of hydrogen-bond acceptors (Lipinski definition) is 4. The van der Waals surface area contributed by atoms with E-state index in [1.54, 1.807) is 30.1 Å². The van der Waals surface area contributed by atoms with Gasteiger partial charge in [-0.3, -0.25) is 14.8 Å². The molecular formula is C14H12FIN6O. The van der Waals surface area contributed by atoms with Gasteiger partial charge in [0.25, 0.3) is 5.91 Å². The van der Waals surface area contributed by atoms with Crippen molar-refractivity contribution in [3.63, 3.8) is 0 Å². The molecule has 0 bridgehead atoms. The average molecular weight is 426 g/mol. The first-order chi connectivity index (χ1) is 11.0. The van der Waals surface area contributed by atoms with Gasteiger partial charge in [0.2, 0.25) is 5.95 Å². The van der Waals surface area contributed by atoms with Crippen LogP contribution in [0.15, 0.2) is 36.8 Å². The summed E-state index contributed by atoms with van der Waals surface area (Å²) in [5, 5.41) is 10.8. The van der Waals surface area contributed by atoms with Gasteiger partial charge in [-0.1, -0.05) is 12.1 Å². The van der Waals surface area contributed by atoms with E-state index < -0.39 is 0 Å². The number of carbonyl (C=O) groups excluding carboxylic acids is 1. The molecule has 0 aliphatic rings. The number of hydrogen-bond donors (Lipinski definition) is 1. The highest BCUT2D eigenvalue weighted by molar-refractivity contribution is 14.1. The van der Waals surface area contributed by atoms with Gasteiger partial charge < -0.3 is 0 Å². The predicted octanol–water partition coefficient (Wildman–Crippen LogP) is 2.06. The first-order valence-corrected chi connectivity index (χ1v) is 7.73. The quantitative estimate of drug-likeness (QED) is 0.649. The zero-order valence-electron chi connectivity index (χ0n) is 12.1. The van der Waals surface area contributed by atoms with Gasteiger partial charge in [-0.15, -0.1) is 5.10 Å². The van der Waals surface area contributed by atoms with Crippen molar-refractivity contribution >= 4 is 34.4 Å². The predicted molar refractivity (Wildman–Crippen MR) is 89.4 cm³/mol. The highest BCUT2D eigenvalue weighted by Crippen LogP contribution is 2.12. The molecule has 9 heteroatoms. The Bertz CT molecular complexity index is 822. The third-order valence-electron chi connectivity index (χ3n) is 3.13. The molecule has 0 atom stereocenters. The number of carbonyl (C=O) groups is 1. The first kappa shape index (κ1) is 15.6. The van der Waals surface area contributed by atoms with Crippen molar-refractivity contribution in [1.82, 2.24) is 24.5 Å². The first-order valence-electron chi connectivity index (χ1n) is 6.65. The fourth-order valence-corrected chi connectivity index (χ4v) is 2.75. The molecule has 3 aromatic rings. The molecule has 7 nitrogen and oxygen atoms in total. The normalized spacial score (nSPS) is 10.7. The minimum absolute atomic E-state index is 0.203. The second kappa shape index (κ2) is 6.44. The van der Waals surface area contributed by atoms with Gasteiger partial charge in [-0.05, 0) is 40.3 Å². The Hall–Kier alpha value is -2.30. The van der Waals surface area contributed by atoms with Crippen LogP contribution in [0.3, 0.4) is 0 Å². The van der Waals surface area contributed by atoms with Gasteiger partial charge in [-0.25, -0.2) is 14.1 Å². The van der Waals surface area contributed by atoms with Gasteiger partial charge in [0.15, 0.2) is 0 Å². The van der Waals surface area contributed by atoms with Crippen LogP contribution in [0.4, 0.5) is 10.3 Å². The van der Waals surface area contributed by atoms with Crippen LogP contribution in [0.1, 0.15) is 16.1 Å². The lowest BCUT2D eigenvalue weighted by atomic mass is 10.2. The largest absolute Gasteiger partial charge is 0.288 e. The second-order valence-corrected chi connectivity index (χ2v) is 5.97. The van der Waals surface area contributed by atoms with E-state index in [1.165, 1.54) is 23.1 Å². The van der Waals surface area contributed by atoms with E-state index >= 15 is 0 Å². The van der Waals surface area contributed by atoms with Gasteiger partial charge in [0.05, 0.1) is 16.3 Å². The van der Waals surface area contributed by atoms with E-state index in [4.69, 9.17) is 0 Å². The van der Waals surface area contributed by atoms with Crippen LogP contribution in [0.5, 0.6) is 0 Å². The van der Waals surface area contributed by atoms with Crippen molar-refractivity contribution in [3.05, 3.63) is 57.4 Å². The molecule has 3 rings (SSSR count). The fraction of sp³-hybridized carbons (Fsp3) is 0.143. The summed E-state index contributed by atoms with van der Waals surface area (Å²) in [7, 11) is 1.69. The Morgan fingerprint density at radius 1 is 1.35 bits per heavy atom. The van der Waals surface area contributed by atoms with E-state index in [1.807, 2.05) is 22.6 Å². The minimum Gasteiger partial charge on any atom is -0.288 e. The summed E-state index contributed by atoms with van der Waals surface area (Å²) in [5.41, 5.74) is 1.33. The van der Waals surface area contributed by atoms with Crippen LogP contribution in [-0.2, 0) is 13.6 Å². The molecule has 23 heavy (non-hydrogen) atoms. The minimum atomic E-state index is -0.325. The smallest absolute Gasteiger partial charge is 0.277 e. The van der Waals surface area contributed by atoms with E-state index in [0.717, 1.165) is 9.13 Å². The van der Waals surface area contributed by atoms with Crippen LogP contribution < -0.4 is 5.32 Å². The van der Waals surface area contributed by atoms with Crippen molar-refractivity contribution in [2.24, 2.45) is 7.05 Å². The molecule has 0 saturated heterocycles. The SMILES string of the molecule is Cn1ncc(I)c1C(=O)Nc1ncn(Cc2ccc(F)cc2)n1. The summed E-state index contributed by atoms with van der Waals surface area (Å²) in [4.78, 5) is 16.3. The summed E-state index contributed by atoms with van der Waals surface area (Å²) in [6.45, 7) is 0.437. The molecule has 0 radical (unpaired) electrons. The topological polar surface area (TPSA) is 77.6 Å². The molecule has 118 valence electrons. The molecule has 0 saturated carbocycles. The van der Waals surface area contributed by atoms with E-state index in [0.29, 0.717) is 12.2 Å². The molecule has 1 aromatic carbocycles. The molecule has 2 aromatic heterocycles. The van der Waals surface area contributed by atoms with Crippen molar-refractivity contribution in [3.8, 4) is 0 Å². The lowest BCUT2D eigenvalue weighted by molar-refractivity contribution is 0.101. The molecule has 1 N–H and O–H groups in total. The molecule has 2 heterocycles. The third kappa shape index (κ3) is 3.55. The molecule has 0 fully saturated rings. The zero-order chi connectivity index (χ0) is 16.4. The lowest BCUT2D eigenvalue weighted by Gasteiger charge is -2.03. The molecule has 0 spiro atoms. The molecule has 0 unspecified atom stereocenters. The number of aryl methyl sites for hydroxylation is 1. The Morgan fingerprint density at radius 3 is 2.74 bits per heavy atom. The van der Waals surface area contributed by atoms with E-state index in [9.17, 15) is 9.18 Å². The van der Waals surface area contributed by atoms with Crippen molar-refractivity contribution < 1.29 is 9.18 Å². The van der Waals surface area contributed by atoms with Crippen LogP contribution in [0.2, 0.25) is 0 Å². The molecular weight excluding hydrogens is 414 g/mol. The van der Waals surface area contributed by atoms with E-state index in [2.05, 4.69) is 20.5 Å². The Morgan fingerprint density at radius 2 is 2.09 bits per heavy atom. The zero-order valence-corrected chi connectivity index (χ0v) is 14.2. The highest BCUT2D eigenvalue weighted by atomic mass is 127. The van der Waals surface area contributed by atoms with Crippen LogP contribution in [0.25, 0.3) is 0 Å². The lowest BCUT2D eigenvalue weighted by Crippen LogP contribution is -2.18. The standard InChI is InChI=1S/C14H12FIN6O/c1-21-12(11(16)6-18-21)13(23)19-14-17-8-22(20-14)7-9-2-4-10(15)5-3-9/h2-6,8H,7H2,1H3,(H,19,20,23). The van der Waals surface area contributed by atoms with Crippen molar-refractivity contribution in [2.45, 2.75) is 6.54 Å². The van der Waals surface area contributed by atoms with E-state index in [-0.39, 0.29) is 17.7 Å². The summed E-state index contributed by atoms with van der Waals surface area (Å²) < 4.78 is 16.7. The average Bonchev–Trinajstić information content (AvgIpc) is 3.08. The van der Waals surface area contributed by atoms with Gasteiger partial charge in [0.1, 0.15) is 17.8 Å². The second-order valence-electron chi connectivity index (χ2n) is 4.81. The fourth-order valence-electron chi connectivity index (χ4n) is 2.03. The highest BCUT2D eigenvalue weighted by Gasteiger charge is 2.16. The number of aromatic nitrogens is 5. The van der Waals surface area contributed by atoms with Crippen LogP contribution in [-0.4, -0.2) is 30.5 Å². The van der Waals surface area contributed by atoms with Crippen LogP contribution in [0, 0.1) is 9.39 Å². The molecule has 0 aliphatic heterocycles. The third-order valence-corrected chi connectivity index (χ3v) is 3.92. The van der Waals surface area contributed by atoms with Crippen molar-refractivity contribution in [2.75, 3.05) is 5.32 Å². The maximum atomic E-state index is 12.9. The summed E-state index contributed by atoms with van der Waals surface area (Å²) in [6.07, 6.45) is 3.11. The van der Waals surface area contributed by atoms with Gasteiger partial charge in [-0.2, -0.15) is 5.10 Å². The maximum Gasteiger partial charge on any atom is 0.277 e. The Balaban J connectivity index is 1.70. The maximum absolute atomic E-state index is 12.9. The number of nitrogens with zero attached hydrogens (tertiary/aromatic N) is 5. The monoisotopic (exact) mass is 426 g/mol. The summed E-state index contributed by atoms with van der Waals surface area (Å²) in [6, 6.07) is 6.12. The number of amides is 1. The Kier molecular flexibility index (Phi) is 4.37. The number of rotatable bonds is 4. The van der Waals surface area contributed by atoms with Gasteiger partial charge >= 0.3 is 0 Å². The number of benzene rings is 1. The van der Waals surface area contributed by atoms with Crippen LogP contribution >= 0.6 is 22.6 Å². The summed E-state index contributed by atoms with van der Waals surface area (Å²) in [5.74, 6) is -0.408. The number of anilines is 1. The summed E-state index contributed by atoms with van der Waals surface area (Å²) >= 11 is 2.04. The molecule has 0 aliphatic carbocycles. The van der Waals surface area contributed by atoms with Crippen molar-refractivity contribution in [1.29, 1.82) is 0 Å². The number of halogens is 2. The molecule has 1 amide bonds.